The lowest BCUT2D eigenvalue weighted by Gasteiger charge is -2.21. The molecule has 0 aliphatic heterocycles. The van der Waals surface area contributed by atoms with E-state index in [1.165, 1.54) is 0 Å². The molecule has 0 heterocycles. The van der Waals surface area contributed by atoms with Crippen molar-refractivity contribution in [1.29, 1.82) is 0 Å². The first-order valence-electron chi connectivity index (χ1n) is 7.23. The molecule has 1 saturated carbocycles. The number of hydrogen-bond acceptors (Lipinski definition) is 2. The Hall–Kier alpha value is -1.05. The van der Waals surface area contributed by atoms with Crippen LogP contribution in [0.4, 0.5) is 10.1 Å². The summed E-state index contributed by atoms with van der Waals surface area (Å²) in [6, 6.07) is 5.75. The highest BCUT2D eigenvalue weighted by atomic mass is 127. The Bertz CT molecular complexity index is 485. The molecule has 1 aromatic carbocycles. The number of benzene rings is 1. The number of hydrogen-bond donors (Lipinski definition) is 2. The second-order valence-corrected chi connectivity index (χ2v) is 5.08. The fourth-order valence-corrected chi connectivity index (χ4v) is 2.13. The zero-order valence-corrected chi connectivity index (χ0v) is 14.9. The predicted octanol–water partition coefficient (Wildman–Crippen LogP) is 2.86. The minimum atomic E-state index is -0.199. The molecule has 0 atom stereocenters. The summed E-state index contributed by atoms with van der Waals surface area (Å²) < 4.78 is 14.1. The summed E-state index contributed by atoms with van der Waals surface area (Å²) in [6.45, 7) is 6.03. The van der Waals surface area contributed by atoms with Crippen LogP contribution in [0, 0.1) is 5.82 Å². The van der Waals surface area contributed by atoms with Gasteiger partial charge in [0.05, 0.1) is 12.2 Å². The van der Waals surface area contributed by atoms with Crippen LogP contribution in [-0.2, 0) is 6.54 Å². The third-order valence-corrected chi connectivity index (χ3v) is 3.48. The predicted molar refractivity (Wildman–Crippen MR) is 96.9 cm³/mol. The van der Waals surface area contributed by atoms with E-state index in [0.717, 1.165) is 31.5 Å². The van der Waals surface area contributed by atoms with Crippen molar-refractivity contribution < 1.29 is 4.39 Å². The summed E-state index contributed by atoms with van der Waals surface area (Å²) in [7, 11) is 0. The summed E-state index contributed by atoms with van der Waals surface area (Å²) in [5.41, 5.74) is 7.24. The molecule has 0 unspecified atom stereocenters. The van der Waals surface area contributed by atoms with Gasteiger partial charge in [0.25, 0.3) is 0 Å². The first kappa shape index (κ1) is 18.0. The number of rotatable bonds is 6. The Morgan fingerprint density at radius 3 is 2.57 bits per heavy atom. The molecule has 118 valence electrons. The molecular formula is C15H24FIN4. The van der Waals surface area contributed by atoms with Gasteiger partial charge in [0.1, 0.15) is 5.82 Å². The van der Waals surface area contributed by atoms with Crippen LogP contribution in [0.5, 0.6) is 0 Å². The highest BCUT2D eigenvalue weighted by Crippen LogP contribution is 2.21. The van der Waals surface area contributed by atoms with Gasteiger partial charge >= 0.3 is 0 Å². The van der Waals surface area contributed by atoms with Crippen molar-refractivity contribution in [2.45, 2.75) is 39.3 Å². The Balaban J connectivity index is 0.00000220. The highest BCUT2D eigenvalue weighted by molar-refractivity contribution is 14.0. The van der Waals surface area contributed by atoms with Crippen LogP contribution >= 0.6 is 24.0 Å². The van der Waals surface area contributed by atoms with E-state index in [1.807, 2.05) is 30.9 Å². The molecule has 1 aliphatic carbocycles. The number of nitrogens with two attached hydrogens (primary N) is 1. The van der Waals surface area contributed by atoms with Crippen molar-refractivity contribution in [3.63, 3.8) is 0 Å². The topological polar surface area (TPSA) is 53.6 Å². The average Bonchev–Trinajstić information content (AvgIpc) is 3.24. The van der Waals surface area contributed by atoms with Gasteiger partial charge in [-0.3, -0.25) is 0 Å². The number of anilines is 1. The molecule has 1 fully saturated rings. The average molecular weight is 406 g/mol. The maximum atomic E-state index is 14.1. The standard InChI is InChI=1S/C15H23FN4.HI/c1-3-20(4-2)14-8-5-11(9-13(14)16)10-18-15(17)19-12-6-7-12;/h5,8-9,12H,3-4,6-7,10H2,1-2H3,(H3,17,18,19);1H. The third-order valence-electron chi connectivity index (χ3n) is 3.48. The van der Waals surface area contributed by atoms with Gasteiger partial charge in [-0.2, -0.15) is 0 Å². The van der Waals surface area contributed by atoms with E-state index in [2.05, 4.69) is 10.3 Å². The van der Waals surface area contributed by atoms with E-state index in [1.54, 1.807) is 6.07 Å². The first-order chi connectivity index (χ1) is 9.63. The Morgan fingerprint density at radius 2 is 2.05 bits per heavy atom. The quantitative estimate of drug-likeness (QED) is 0.434. The summed E-state index contributed by atoms with van der Waals surface area (Å²) in [5, 5.41) is 3.11. The number of aliphatic imine (C=N–C) groups is 1. The summed E-state index contributed by atoms with van der Waals surface area (Å²) in [6.07, 6.45) is 2.31. The molecule has 0 aromatic heterocycles. The van der Waals surface area contributed by atoms with Gasteiger partial charge in [-0.05, 0) is 44.4 Å². The van der Waals surface area contributed by atoms with Crippen molar-refractivity contribution in [1.82, 2.24) is 5.32 Å². The first-order valence-corrected chi connectivity index (χ1v) is 7.23. The van der Waals surface area contributed by atoms with E-state index in [0.29, 0.717) is 24.2 Å². The van der Waals surface area contributed by atoms with E-state index >= 15 is 0 Å². The Morgan fingerprint density at radius 1 is 1.38 bits per heavy atom. The summed E-state index contributed by atoms with van der Waals surface area (Å²) >= 11 is 0. The molecule has 21 heavy (non-hydrogen) atoms. The van der Waals surface area contributed by atoms with Gasteiger partial charge in [-0.1, -0.05) is 6.07 Å². The maximum Gasteiger partial charge on any atom is 0.189 e. The van der Waals surface area contributed by atoms with Crippen molar-refractivity contribution in [2.24, 2.45) is 10.7 Å². The van der Waals surface area contributed by atoms with E-state index in [-0.39, 0.29) is 29.8 Å². The van der Waals surface area contributed by atoms with Gasteiger partial charge in [-0.15, -0.1) is 24.0 Å². The molecule has 0 amide bonds. The fraction of sp³-hybridized carbons (Fsp3) is 0.533. The van der Waals surface area contributed by atoms with E-state index < -0.39 is 0 Å². The number of nitrogens with zero attached hydrogens (tertiary/aromatic N) is 2. The van der Waals surface area contributed by atoms with Crippen LogP contribution in [0.2, 0.25) is 0 Å². The molecule has 4 nitrogen and oxygen atoms in total. The second kappa shape index (κ2) is 8.41. The van der Waals surface area contributed by atoms with E-state index in [4.69, 9.17) is 5.73 Å². The molecule has 0 spiro atoms. The maximum absolute atomic E-state index is 14.1. The van der Waals surface area contributed by atoms with Gasteiger partial charge in [0.2, 0.25) is 0 Å². The van der Waals surface area contributed by atoms with Crippen molar-refractivity contribution >= 4 is 35.6 Å². The molecule has 0 bridgehead atoms. The minimum Gasteiger partial charge on any atom is -0.370 e. The number of guanidine groups is 1. The molecule has 0 saturated heterocycles. The van der Waals surface area contributed by atoms with Crippen LogP contribution in [-0.4, -0.2) is 25.1 Å². The van der Waals surface area contributed by atoms with Crippen molar-refractivity contribution in [3.8, 4) is 0 Å². The molecule has 1 aromatic rings. The minimum absolute atomic E-state index is 0. The monoisotopic (exact) mass is 406 g/mol. The second-order valence-electron chi connectivity index (χ2n) is 5.08. The van der Waals surface area contributed by atoms with E-state index in [9.17, 15) is 4.39 Å². The van der Waals surface area contributed by atoms with Gasteiger partial charge in [-0.25, -0.2) is 9.38 Å². The normalized spacial score (nSPS) is 14.5. The Labute approximate surface area is 143 Å². The molecule has 6 heteroatoms. The van der Waals surface area contributed by atoms with Crippen LogP contribution in [0.25, 0.3) is 0 Å². The van der Waals surface area contributed by atoms with Gasteiger partial charge < -0.3 is 16.0 Å². The Kier molecular flexibility index (Phi) is 7.21. The van der Waals surface area contributed by atoms with Crippen molar-refractivity contribution in [3.05, 3.63) is 29.6 Å². The molecule has 3 N–H and O–H groups in total. The lowest BCUT2D eigenvalue weighted by atomic mass is 10.2. The molecule has 0 radical (unpaired) electrons. The SMILES string of the molecule is CCN(CC)c1ccc(CN=C(N)NC2CC2)cc1F.I. The highest BCUT2D eigenvalue weighted by Gasteiger charge is 2.21. The zero-order chi connectivity index (χ0) is 14.5. The van der Waals surface area contributed by atoms with Gasteiger partial charge in [0, 0.05) is 19.1 Å². The third kappa shape index (κ3) is 5.33. The summed E-state index contributed by atoms with van der Waals surface area (Å²) in [4.78, 5) is 6.23. The lowest BCUT2D eigenvalue weighted by molar-refractivity contribution is 0.617. The fourth-order valence-electron chi connectivity index (χ4n) is 2.13. The lowest BCUT2D eigenvalue weighted by Crippen LogP contribution is -2.33. The van der Waals surface area contributed by atoms with Crippen LogP contribution < -0.4 is 16.0 Å². The zero-order valence-electron chi connectivity index (χ0n) is 12.6. The van der Waals surface area contributed by atoms with Gasteiger partial charge in [0.15, 0.2) is 5.96 Å². The molecular weight excluding hydrogens is 382 g/mol. The van der Waals surface area contributed by atoms with Crippen LogP contribution in [0.15, 0.2) is 23.2 Å². The number of halogens is 2. The largest absolute Gasteiger partial charge is 0.370 e. The molecule has 1 aliphatic rings. The summed E-state index contributed by atoms with van der Waals surface area (Å²) in [5.74, 6) is 0.246. The smallest absolute Gasteiger partial charge is 0.189 e. The molecule has 2 rings (SSSR count). The number of nitrogens with one attached hydrogen (secondary N) is 1. The van der Waals surface area contributed by atoms with Crippen LogP contribution in [0.1, 0.15) is 32.3 Å². The van der Waals surface area contributed by atoms with Crippen molar-refractivity contribution in [2.75, 3.05) is 18.0 Å². The van der Waals surface area contributed by atoms with Crippen LogP contribution in [0.3, 0.4) is 0 Å².